The predicted molar refractivity (Wildman–Crippen MR) is 116 cm³/mol. The van der Waals surface area contributed by atoms with Crippen LogP contribution >= 0.6 is 0 Å². The van der Waals surface area contributed by atoms with E-state index < -0.39 is 0 Å². The van der Waals surface area contributed by atoms with Gasteiger partial charge in [-0.05, 0) is 23.1 Å². The fraction of sp³-hybridized carbons (Fsp3) is 0.417. The molecule has 1 aromatic heterocycles. The van der Waals surface area contributed by atoms with Crippen molar-refractivity contribution in [3.8, 4) is 22.8 Å². The molecule has 29 heavy (non-hydrogen) atoms. The molecule has 1 saturated heterocycles. The Morgan fingerprint density at radius 2 is 1.72 bits per heavy atom. The highest BCUT2D eigenvalue weighted by Gasteiger charge is 2.29. The van der Waals surface area contributed by atoms with Crippen molar-refractivity contribution in [2.24, 2.45) is 0 Å². The Hall–Kier alpha value is -2.66. The van der Waals surface area contributed by atoms with Crippen LogP contribution in [-0.2, 0) is 12.0 Å². The molecule has 5 heteroatoms. The molecule has 0 spiro atoms. The van der Waals surface area contributed by atoms with Crippen LogP contribution in [0.2, 0.25) is 0 Å². The summed E-state index contributed by atoms with van der Waals surface area (Å²) >= 11 is 0. The SMILES string of the molecule is CC(C)(C)c1ccc(-c2nc(C[N+]3(C)CCCC3)nn2-c2cccc(O)c2)cc1. The molecule has 1 fully saturated rings. The van der Waals surface area contributed by atoms with Gasteiger partial charge in [0.15, 0.2) is 5.82 Å². The van der Waals surface area contributed by atoms with Crippen LogP contribution in [0, 0.1) is 0 Å². The molecule has 0 aliphatic carbocycles. The number of quaternary nitrogens is 1. The maximum absolute atomic E-state index is 9.97. The van der Waals surface area contributed by atoms with Gasteiger partial charge in [0.25, 0.3) is 0 Å². The van der Waals surface area contributed by atoms with Crippen molar-refractivity contribution >= 4 is 0 Å². The highest BCUT2D eigenvalue weighted by molar-refractivity contribution is 5.59. The first kappa shape index (κ1) is 19.6. The van der Waals surface area contributed by atoms with E-state index in [0.29, 0.717) is 0 Å². The lowest BCUT2D eigenvalue weighted by atomic mass is 9.87. The Labute approximate surface area is 173 Å². The van der Waals surface area contributed by atoms with E-state index in [-0.39, 0.29) is 11.2 Å². The Bertz CT molecular complexity index is 992. The van der Waals surface area contributed by atoms with Crippen LogP contribution in [0.5, 0.6) is 5.75 Å². The van der Waals surface area contributed by atoms with Gasteiger partial charge in [0.1, 0.15) is 12.3 Å². The molecule has 152 valence electrons. The molecular weight excluding hydrogens is 360 g/mol. The van der Waals surface area contributed by atoms with E-state index in [4.69, 9.17) is 10.1 Å². The maximum atomic E-state index is 9.97. The fourth-order valence-electron chi connectivity index (χ4n) is 4.13. The number of rotatable bonds is 4. The highest BCUT2D eigenvalue weighted by Crippen LogP contribution is 2.28. The predicted octanol–water partition coefficient (Wildman–Crippen LogP) is 4.68. The lowest BCUT2D eigenvalue weighted by Gasteiger charge is -2.27. The molecule has 4 rings (SSSR count). The second kappa shape index (κ2) is 7.30. The van der Waals surface area contributed by atoms with Gasteiger partial charge in [-0.2, -0.15) is 0 Å². The highest BCUT2D eigenvalue weighted by atomic mass is 16.3. The van der Waals surface area contributed by atoms with Crippen molar-refractivity contribution in [1.29, 1.82) is 0 Å². The number of phenols is 1. The van der Waals surface area contributed by atoms with E-state index in [1.54, 1.807) is 12.1 Å². The molecule has 0 amide bonds. The maximum Gasteiger partial charge on any atom is 0.206 e. The number of benzene rings is 2. The third-order valence-electron chi connectivity index (χ3n) is 5.90. The van der Waals surface area contributed by atoms with Gasteiger partial charge in [-0.1, -0.05) is 51.1 Å². The lowest BCUT2D eigenvalue weighted by molar-refractivity contribution is -0.911. The van der Waals surface area contributed by atoms with Gasteiger partial charge in [-0.3, -0.25) is 0 Å². The number of hydrogen-bond acceptors (Lipinski definition) is 3. The largest absolute Gasteiger partial charge is 0.508 e. The number of hydrogen-bond donors (Lipinski definition) is 1. The summed E-state index contributed by atoms with van der Waals surface area (Å²) in [6.07, 6.45) is 2.54. The van der Waals surface area contributed by atoms with Crippen LogP contribution < -0.4 is 0 Å². The monoisotopic (exact) mass is 391 g/mol. The summed E-state index contributed by atoms with van der Waals surface area (Å²) in [4.78, 5) is 4.94. The summed E-state index contributed by atoms with van der Waals surface area (Å²) in [6, 6.07) is 15.8. The minimum Gasteiger partial charge on any atom is -0.508 e. The van der Waals surface area contributed by atoms with Crippen LogP contribution in [0.3, 0.4) is 0 Å². The molecule has 0 atom stereocenters. The van der Waals surface area contributed by atoms with Gasteiger partial charge in [0.2, 0.25) is 5.82 Å². The Kier molecular flexibility index (Phi) is 4.95. The van der Waals surface area contributed by atoms with E-state index in [0.717, 1.165) is 33.9 Å². The molecule has 1 aliphatic heterocycles. The zero-order valence-corrected chi connectivity index (χ0v) is 17.9. The molecule has 3 aromatic rings. The van der Waals surface area contributed by atoms with Crippen LogP contribution in [0.25, 0.3) is 17.1 Å². The van der Waals surface area contributed by atoms with E-state index in [1.807, 2.05) is 16.8 Å². The molecule has 0 saturated carbocycles. The molecule has 2 heterocycles. The fourth-order valence-corrected chi connectivity index (χ4v) is 4.13. The number of likely N-dealkylation sites (tertiary alicyclic amines) is 1. The standard InChI is InChI=1S/C24H30N4O/c1-24(2,3)19-12-10-18(11-13-19)23-25-22(17-28(4)14-5-6-15-28)26-27(23)20-8-7-9-21(29)16-20/h7-13,16H,5-6,14-15,17H2,1-4H3/p+1. The molecule has 1 N–H and O–H groups in total. The van der Waals surface area contributed by atoms with Gasteiger partial charge < -0.3 is 9.59 Å². The molecule has 1 aliphatic rings. The summed E-state index contributed by atoms with van der Waals surface area (Å²) in [7, 11) is 2.29. The van der Waals surface area contributed by atoms with Crippen LogP contribution in [0.1, 0.15) is 45.0 Å². The first-order valence-electron chi connectivity index (χ1n) is 10.4. The second-order valence-corrected chi connectivity index (χ2v) is 9.54. The van der Waals surface area contributed by atoms with Gasteiger partial charge in [-0.25, -0.2) is 9.67 Å². The quantitative estimate of drug-likeness (QED) is 0.657. The Balaban J connectivity index is 1.76. The third kappa shape index (κ3) is 4.20. The number of aromatic nitrogens is 3. The topological polar surface area (TPSA) is 50.9 Å². The number of nitrogens with zero attached hydrogens (tertiary/aromatic N) is 4. The van der Waals surface area contributed by atoms with Crippen molar-refractivity contribution < 1.29 is 9.59 Å². The van der Waals surface area contributed by atoms with Crippen molar-refractivity contribution in [1.82, 2.24) is 14.8 Å². The Morgan fingerprint density at radius 1 is 1.03 bits per heavy atom. The average molecular weight is 392 g/mol. The molecular formula is C24H31N4O+. The smallest absolute Gasteiger partial charge is 0.206 e. The van der Waals surface area contributed by atoms with E-state index in [9.17, 15) is 5.11 Å². The van der Waals surface area contributed by atoms with Crippen molar-refractivity contribution in [3.05, 3.63) is 59.9 Å². The van der Waals surface area contributed by atoms with E-state index in [2.05, 4.69) is 52.1 Å². The number of aromatic hydroxyl groups is 1. The average Bonchev–Trinajstić information content (AvgIpc) is 3.28. The summed E-state index contributed by atoms with van der Waals surface area (Å²) < 4.78 is 2.86. The molecule has 2 aromatic carbocycles. The van der Waals surface area contributed by atoms with Gasteiger partial charge >= 0.3 is 0 Å². The third-order valence-corrected chi connectivity index (χ3v) is 5.90. The van der Waals surface area contributed by atoms with Gasteiger partial charge in [-0.15, -0.1) is 5.10 Å². The molecule has 5 nitrogen and oxygen atoms in total. The lowest BCUT2D eigenvalue weighted by Crippen LogP contribution is -2.40. The van der Waals surface area contributed by atoms with E-state index >= 15 is 0 Å². The zero-order chi connectivity index (χ0) is 20.6. The second-order valence-electron chi connectivity index (χ2n) is 9.54. The minimum atomic E-state index is 0.108. The van der Waals surface area contributed by atoms with Gasteiger partial charge in [0.05, 0.1) is 25.8 Å². The summed E-state index contributed by atoms with van der Waals surface area (Å²) in [5, 5.41) is 14.8. The van der Waals surface area contributed by atoms with Crippen molar-refractivity contribution in [3.63, 3.8) is 0 Å². The summed E-state index contributed by atoms with van der Waals surface area (Å²) in [5.74, 6) is 1.90. The molecule has 0 bridgehead atoms. The van der Waals surface area contributed by atoms with Crippen molar-refractivity contribution in [2.45, 2.75) is 45.6 Å². The van der Waals surface area contributed by atoms with E-state index in [1.165, 1.54) is 31.5 Å². The van der Waals surface area contributed by atoms with Gasteiger partial charge in [0, 0.05) is 24.5 Å². The number of phenolic OH excluding ortho intramolecular Hbond substituents is 1. The summed E-state index contributed by atoms with van der Waals surface area (Å²) in [6.45, 7) is 9.84. The summed E-state index contributed by atoms with van der Waals surface area (Å²) in [5.41, 5.74) is 3.25. The minimum absolute atomic E-state index is 0.108. The van der Waals surface area contributed by atoms with Crippen LogP contribution in [-0.4, -0.2) is 44.5 Å². The first-order chi connectivity index (χ1) is 13.7. The first-order valence-corrected chi connectivity index (χ1v) is 10.4. The van der Waals surface area contributed by atoms with Crippen LogP contribution in [0.15, 0.2) is 48.5 Å². The van der Waals surface area contributed by atoms with Crippen molar-refractivity contribution in [2.75, 3.05) is 20.1 Å². The normalized spacial score (nSPS) is 16.3. The molecule has 0 radical (unpaired) electrons. The van der Waals surface area contributed by atoms with Crippen LogP contribution in [0.4, 0.5) is 0 Å². The Morgan fingerprint density at radius 3 is 2.34 bits per heavy atom. The molecule has 0 unspecified atom stereocenters. The zero-order valence-electron chi connectivity index (χ0n) is 17.9.